The quantitative estimate of drug-likeness (QED) is 0.894. The summed E-state index contributed by atoms with van der Waals surface area (Å²) in [7, 11) is 1.55. The molecule has 2 aromatic rings. The SMILES string of the molecule is COc1c(O)cccc1/C=C/Cn1[c]cc(C)c1. The Morgan fingerprint density at radius 1 is 1.44 bits per heavy atom. The van der Waals surface area contributed by atoms with Gasteiger partial charge in [0, 0.05) is 18.3 Å². The van der Waals surface area contributed by atoms with E-state index in [2.05, 4.69) is 6.20 Å². The smallest absolute Gasteiger partial charge is 0.167 e. The predicted molar refractivity (Wildman–Crippen MR) is 71.7 cm³/mol. The summed E-state index contributed by atoms with van der Waals surface area (Å²) in [6, 6.07) is 7.26. The van der Waals surface area contributed by atoms with E-state index in [-0.39, 0.29) is 5.75 Å². The number of aryl methyl sites for hydroxylation is 1. The molecular weight excluding hydrogens is 226 g/mol. The van der Waals surface area contributed by atoms with Gasteiger partial charge in [-0.15, -0.1) is 0 Å². The van der Waals surface area contributed by atoms with Gasteiger partial charge in [-0.2, -0.15) is 0 Å². The number of para-hydroxylation sites is 1. The molecule has 0 unspecified atom stereocenters. The molecule has 1 N–H and O–H groups in total. The number of rotatable bonds is 4. The van der Waals surface area contributed by atoms with Crippen LogP contribution in [0.5, 0.6) is 11.5 Å². The number of allylic oxidation sites excluding steroid dienone is 1. The monoisotopic (exact) mass is 242 g/mol. The zero-order valence-corrected chi connectivity index (χ0v) is 10.6. The van der Waals surface area contributed by atoms with Crippen molar-refractivity contribution in [2.24, 2.45) is 0 Å². The van der Waals surface area contributed by atoms with Gasteiger partial charge in [-0.3, -0.25) is 0 Å². The third kappa shape index (κ3) is 2.74. The van der Waals surface area contributed by atoms with E-state index in [4.69, 9.17) is 4.74 Å². The lowest BCUT2D eigenvalue weighted by atomic mass is 10.1. The van der Waals surface area contributed by atoms with Crippen molar-refractivity contribution in [1.29, 1.82) is 0 Å². The van der Waals surface area contributed by atoms with Gasteiger partial charge in [0.1, 0.15) is 0 Å². The number of phenols is 1. The molecule has 1 heterocycles. The van der Waals surface area contributed by atoms with Crippen LogP contribution < -0.4 is 4.74 Å². The Labute approximate surface area is 107 Å². The number of methoxy groups -OCH3 is 1. The van der Waals surface area contributed by atoms with Crippen LogP contribution in [0.15, 0.2) is 36.5 Å². The van der Waals surface area contributed by atoms with E-state index in [9.17, 15) is 5.11 Å². The van der Waals surface area contributed by atoms with Gasteiger partial charge in [-0.05, 0) is 24.6 Å². The average molecular weight is 242 g/mol. The summed E-state index contributed by atoms with van der Waals surface area (Å²) in [6.45, 7) is 2.78. The average Bonchev–Trinajstić information content (AvgIpc) is 2.75. The van der Waals surface area contributed by atoms with E-state index in [1.807, 2.05) is 42.0 Å². The number of aromatic hydroxyl groups is 1. The molecule has 1 aromatic heterocycles. The van der Waals surface area contributed by atoms with Gasteiger partial charge in [0.25, 0.3) is 0 Å². The minimum Gasteiger partial charge on any atom is -0.504 e. The highest BCUT2D eigenvalue weighted by Gasteiger charge is 2.04. The van der Waals surface area contributed by atoms with Crippen LogP contribution in [-0.2, 0) is 6.54 Å². The van der Waals surface area contributed by atoms with Gasteiger partial charge in [0.05, 0.1) is 13.3 Å². The van der Waals surface area contributed by atoms with E-state index in [0.717, 1.165) is 12.1 Å². The maximum Gasteiger partial charge on any atom is 0.167 e. The number of benzene rings is 1. The first-order valence-electron chi connectivity index (χ1n) is 5.77. The largest absolute Gasteiger partial charge is 0.504 e. The highest BCUT2D eigenvalue weighted by molar-refractivity contribution is 5.61. The Morgan fingerprint density at radius 2 is 2.28 bits per heavy atom. The molecule has 0 aliphatic rings. The number of hydrogen-bond donors (Lipinski definition) is 1. The lowest BCUT2D eigenvalue weighted by molar-refractivity contribution is 0.372. The Hall–Kier alpha value is -2.16. The molecule has 0 atom stereocenters. The first kappa shape index (κ1) is 12.3. The predicted octanol–water partition coefficient (Wildman–Crippen LogP) is 3.02. The number of ether oxygens (including phenoxy) is 1. The van der Waals surface area contributed by atoms with Crippen molar-refractivity contribution in [3.05, 3.63) is 53.9 Å². The summed E-state index contributed by atoms with van der Waals surface area (Å²) in [5, 5.41) is 9.64. The second-order valence-electron chi connectivity index (χ2n) is 4.10. The number of aromatic nitrogens is 1. The minimum atomic E-state index is 0.156. The first-order valence-corrected chi connectivity index (χ1v) is 5.77. The van der Waals surface area contributed by atoms with E-state index in [0.29, 0.717) is 5.75 Å². The third-order valence-electron chi connectivity index (χ3n) is 2.65. The number of nitrogens with zero attached hydrogens (tertiary/aromatic N) is 1. The van der Waals surface area contributed by atoms with Gasteiger partial charge < -0.3 is 14.4 Å². The summed E-state index contributed by atoms with van der Waals surface area (Å²) in [5.41, 5.74) is 2.06. The molecule has 0 aliphatic carbocycles. The lowest BCUT2D eigenvalue weighted by Gasteiger charge is -2.06. The molecule has 2 rings (SSSR count). The van der Waals surface area contributed by atoms with Crippen LogP contribution in [0.1, 0.15) is 11.1 Å². The van der Waals surface area contributed by atoms with Crippen LogP contribution in [0.2, 0.25) is 0 Å². The zero-order valence-electron chi connectivity index (χ0n) is 10.6. The van der Waals surface area contributed by atoms with E-state index in [1.165, 1.54) is 5.56 Å². The Balaban J connectivity index is 2.11. The molecule has 0 saturated carbocycles. The van der Waals surface area contributed by atoms with Crippen molar-refractivity contribution < 1.29 is 9.84 Å². The van der Waals surface area contributed by atoms with E-state index < -0.39 is 0 Å². The van der Waals surface area contributed by atoms with Crippen LogP contribution in [0.4, 0.5) is 0 Å². The molecule has 0 bridgehead atoms. The molecule has 18 heavy (non-hydrogen) atoms. The van der Waals surface area contributed by atoms with E-state index >= 15 is 0 Å². The Morgan fingerprint density at radius 3 is 2.94 bits per heavy atom. The van der Waals surface area contributed by atoms with Crippen molar-refractivity contribution in [3.8, 4) is 11.5 Å². The number of hydrogen-bond acceptors (Lipinski definition) is 2. The van der Waals surface area contributed by atoms with Crippen molar-refractivity contribution in [3.63, 3.8) is 0 Å². The third-order valence-corrected chi connectivity index (χ3v) is 2.65. The maximum atomic E-state index is 9.64. The first-order chi connectivity index (χ1) is 8.70. The van der Waals surface area contributed by atoms with Crippen LogP contribution in [0.3, 0.4) is 0 Å². The summed E-state index contributed by atoms with van der Waals surface area (Å²) >= 11 is 0. The van der Waals surface area contributed by atoms with Gasteiger partial charge in [-0.1, -0.05) is 24.3 Å². The molecule has 0 aliphatic heterocycles. The molecule has 0 saturated heterocycles. The summed E-state index contributed by atoms with van der Waals surface area (Å²) in [6.07, 6.45) is 9.09. The van der Waals surface area contributed by atoms with Gasteiger partial charge in [-0.25, -0.2) is 0 Å². The molecule has 0 fully saturated rings. The molecule has 1 aromatic carbocycles. The Kier molecular flexibility index (Phi) is 3.72. The minimum absolute atomic E-state index is 0.156. The van der Waals surface area contributed by atoms with Gasteiger partial charge >= 0.3 is 0 Å². The van der Waals surface area contributed by atoms with Gasteiger partial charge in [0.2, 0.25) is 0 Å². The Bertz CT molecular complexity index is 555. The topological polar surface area (TPSA) is 34.4 Å². The molecule has 93 valence electrons. The molecule has 3 nitrogen and oxygen atoms in total. The zero-order chi connectivity index (χ0) is 13.0. The molecule has 0 amide bonds. The standard InChI is InChI=1S/C15H16NO2/c1-12-8-10-16(11-12)9-4-6-13-5-3-7-14(17)15(13)18-2/h3-8,11,17H,9H2,1-2H3/b6-4+. The van der Waals surface area contributed by atoms with Crippen molar-refractivity contribution in [2.75, 3.05) is 7.11 Å². The highest BCUT2D eigenvalue weighted by atomic mass is 16.5. The fourth-order valence-electron chi connectivity index (χ4n) is 1.80. The fraction of sp³-hybridized carbons (Fsp3) is 0.200. The normalized spacial score (nSPS) is 11.0. The molecule has 3 heteroatoms. The molecular formula is C15H16NO2. The summed E-state index contributed by atoms with van der Waals surface area (Å²) < 4.78 is 7.14. The van der Waals surface area contributed by atoms with Crippen LogP contribution in [0, 0.1) is 13.1 Å². The summed E-state index contributed by atoms with van der Waals surface area (Å²) in [5.74, 6) is 0.657. The number of phenolic OH excluding ortho intramolecular Hbond substituents is 1. The maximum absolute atomic E-state index is 9.64. The van der Waals surface area contributed by atoms with E-state index in [1.54, 1.807) is 19.2 Å². The van der Waals surface area contributed by atoms with Crippen LogP contribution >= 0.6 is 0 Å². The summed E-state index contributed by atoms with van der Waals surface area (Å²) in [4.78, 5) is 0. The molecule has 0 spiro atoms. The van der Waals surface area contributed by atoms with Crippen molar-refractivity contribution in [1.82, 2.24) is 4.57 Å². The fourth-order valence-corrected chi connectivity index (χ4v) is 1.80. The van der Waals surface area contributed by atoms with Crippen LogP contribution in [0.25, 0.3) is 6.08 Å². The lowest BCUT2D eigenvalue weighted by Crippen LogP contribution is -1.91. The van der Waals surface area contributed by atoms with Crippen molar-refractivity contribution >= 4 is 6.08 Å². The second kappa shape index (κ2) is 5.45. The van der Waals surface area contributed by atoms with Gasteiger partial charge in [0.15, 0.2) is 11.5 Å². The highest BCUT2D eigenvalue weighted by Crippen LogP contribution is 2.30. The second-order valence-corrected chi connectivity index (χ2v) is 4.10. The van der Waals surface area contributed by atoms with Crippen LogP contribution in [-0.4, -0.2) is 16.8 Å². The molecule has 1 radical (unpaired) electrons. The van der Waals surface area contributed by atoms with Crippen molar-refractivity contribution in [2.45, 2.75) is 13.5 Å².